The van der Waals surface area contributed by atoms with Crippen molar-refractivity contribution in [3.63, 3.8) is 0 Å². The molecular formula is C10H15N3O3S. The quantitative estimate of drug-likeness (QED) is 0.646. The van der Waals surface area contributed by atoms with Gasteiger partial charge in [0.15, 0.2) is 0 Å². The van der Waals surface area contributed by atoms with Gasteiger partial charge in [-0.15, -0.1) is 0 Å². The van der Waals surface area contributed by atoms with Crippen LogP contribution in [0.1, 0.15) is 6.42 Å². The third-order valence-corrected chi connectivity index (χ3v) is 3.45. The van der Waals surface area contributed by atoms with E-state index in [1.54, 1.807) is 16.7 Å². The fourth-order valence-corrected chi connectivity index (χ4v) is 2.66. The van der Waals surface area contributed by atoms with Crippen molar-refractivity contribution in [2.75, 3.05) is 31.1 Å². The molecule has 0 aliphatic carbocycles. The second-order valence-electron chi connectivity index (χ2n) is 3.66. The molecule has 6 nitrogen and oxygen atoms in total. The van der Waals surface area contributed by atoms with Crippen LogP contribution < -0.4 is 5.32 Å². The van der Waals surface area contributed by atoms with Gasteiger partial charge in [0.05, 0.1) is 19.0 Å². The summed E-state index contributed by atoms with van der Waals surface area (Å²) in [5, 5.41) is 19.9. The number of nitriles is 1. The summed E-state index contributed by atoms with van der Waals surface area (Å²) in [5.74, 6) is 0.246. The molecule has 7 heteroatoms. The summed E-state index contributed by atoms with van der Waals surface area (Å²) < 4.78 is 0. The number of rotatable bonds is 5. The van der Waals surface area contributed by atoms with Crippen LogP contribution in [0.3, 0.4) is 0 Å². The molecule has 94 valence electrons. The van der Waals surface area contributed by atoms with Crippen LogP contribution in [-0.4, -0.2) is 59.1 Å². The molecule has 1 amide bonds. The molecule has 1 saturated heterocycles. The van der Waals surface area contributed by atoms with Crippen LogP contribution in [0.25, 0.3) is 0 Å². The molecule has 0 bridgehead atoms. The summed E-state index contributed by atoms with van der Waals surface area (Å²) in [6.45, 7) is 1.01. The Morgan fingerprint density at radius 3 is 3.00 bits per heavy atom. The molecule has 1 rings (SSSR count). The Morgan fingerprint density at radius 2 is 2.35 bits per heavy atom. The lowest BCUT2D eigenvalue weighted by Crippen LogP contribution is -2.51. The maximum absolute atomic E-state index is 11.5. The zero-order valence-electron chi connectivity index (χ0n) is 9.39. The molecule has 0 spiro atoms. The van der Waals surface area contributed by atoms with Gasteiger partial charge in [-0.25, -0.2) is 0 Å². The lowest BCUT2D eigenvalue weighted by Gasteiger charge is -2.31. The highest BCUT2D eigenvalue weighted by atomic mass is 32.2. The van der Waals surface area contributed by atoms with Crippen molar-refractivity contribution >= 4 is 23.6 Å². The Morgan fingerprint density at radius 1 is 1.59 bits per heavy atom. The second kappa shape index (κ2) is 7.14. The lowest BCUT2D eigenvalue weighted by molar-refractivity contribution is -0.143. The minimum absolute atomic E-state index is 0.0863. The topological polar surface area (TPSA) is 93.4 Å². The first-order chi connectivity index (χ1) is 8.15. The maximum atomic E-state index is 11.5. The minimum atomic E-state index is -0.887. The summed E-state index contributed by atoms with van der Waals surface area (Å²) in [6.07, 6.45) is 0.268. The molecule has 1 atom stereocenters. The van der Waals surface area contributed by atoms with Crippen LogP contribution in [0.5, 0.6) is 0 Å². The molecule has 0 aromatic carbocycles. The van der Waals surface area contributed by atoms with E-state index >= 15 is 0 Å². The molecule has 0 saturated carbocycles. The number of carboxylic acids is 1. The summed E-state index contributed by atoms with van der Waals surface area (Å²) in [4.78, 5) is 24.1. The largest absolute Gasteiger partial charge is 0.480 e. The molecule has 1 fully saturated rings. The average molecular weight is 257 g/mol. The summed E-state index contributed by atoms with van der Waals surface area (Å²) >= 11 is 1.59. The van der Waals surface area contributed by atoms with Crippen molar-refractivity contribution < 1.29 is 14.7 Å². The van der Waals surface area contributed by atoms with E-state index in [-0.39, 0.29) is 18.9 Å². The Labute approximate surface area is 104 Å². The van der Waals surface area contributed by atoms with Crippen LogP contribution in [-0.2, 0) is 9.59 Å². The number of hydrogen-bond donors (Lipinski definition) is 2. The number of carbonyl (C=O) groups is 2. The summed E-state index contributed by atoms with van der Waals surface area (Å²) in [6, 6.07) is 1.34. The average Bonchev–Trinajstić information content (AvgIpc) is 2.29. The van der Waals surface area contributed by atoms with Gasteiger partial charge in [0, 0.05) is 24.6 Å². The third-order valence-electron chi connectivity index (χ3n) is 2.43. The third kappa shape index (κ3) is 4.63. The first-order valence-corrected chi connectivity index (χ1v) is 6.49. The van der Waals surface area contributed by atoms with Gasteiger partial charge in [0.1, 0.15) is 6.04 Å². The Hall–Kier alpha value is -1.26. The normalized spacial score (nSPS) is 20.5. The first kappa shape index (κ1) is 13.8. The molecule has 1 unspecified atom stereocenters. The zero-order valence-corrected chi connectivity index (χ0v) is 10.2. The highest BCUT2D eigenvalue weighted by Gasteiger charge is 2.29. The molecule has 0 radical (unpaired) electrons. The predicted octanol–water partition coefficient (Wildman–Crippen LogP) is -0.482. The summed E-state index contributed by atoms with van der Waals surface area (Å²) in [5.41, 5.74) is 0. The Bertz CT molecular complexity index is 329. The van der Waals surface area contributed by atoms with Gasteiger partial charge in [-0.05, 0) is 0 Å². The molecule has 0 aromatic heterocycles. The van der Waals surface area contributed by atoms with Crippen molar-refractivity contribution in [1.29, 1.82) is 5.26 Å². The van der Waals surface area contributed by atoms with E-state index in [2.05, 4.69) is 5.32 Å². The molecule has 1 aliphatic heterocycles. The van der Waals surface area contributed by atoms with Gasteiger partial charge in [0.2, 0.25) is 5.91 Å². The fraction of sp³-hybridized carbons (Fsp3) is 0.700. The highest BCUT2D eigenvalue weighted by molar-refractivity contribution is 7.99. The van der Waals surface area contributed by atoms with Crippen LogP contribution in [0.2, 0.25) is 0 Å². The number of carboxylic acid groups (broad SMARTS) is 1. The number of carbonyl (C=O) groups excluding carboxylic acids is 1. The number of nitrogens with one attached hydrogen (secondary N) is 1. The monoisotopic (exact) mass is 257 g/mol. The van der Waals surface area contributed by atoms with Crippen LogP contribution >= 0.6 is 11.8 Å². The van der Waals surface area contributed by atoms with Gasteiger partial charge < -0.3 is 10.4 Å². The van der Waals surface area contributed by atoms with Gasteiger partial charge >= 0.3 is 5.97 Å². The summed E-state index contributed by atoms with van der Waals surface area (Å²) in [7, 11) is 0. The van der Waals surface area contributed by atoms with E-state index in [4.69, 9.17) is 10.4 Å². The van der Waals surface area contributed by atoms with Gasteiger partial charge in [0.25, 0.3) is 0 Å². The van der Waals surface area contributed by atoms with E-state index < -0.39 is 12.0 Å². The van der Waals surface area contributed by atoms with E-state index in [0.717, 1.165) is 5.75 Å². The molecule has 17 heavy (non-hydrogen) atoms. The molecule has 0 aromatic rings. The van der Waals surface area contributed by atoms with Crippen LogP contribution in [0.4, 0.5) is 0 Å². The van der Waals surface area contributed by atoms with Crippen LogP contribution in [0, 0.1) is 11.3 Å². The smallest absolute Gasteiger partial charge is 0.321 e. The van der Waals surface area contributed by atoms with E-state index in [0.29, 0.717) is 18.8 Å². The Kier molecular flexibility index (Phi) is 5.80. The number of hydrogen-bond acceptors (Lipinski definition) is 5. The number of aliphatic carboxylic acids is 1. The molecular weight excluding hydrogens is 242 g/mol. The van der Waals surface area contributed by atoms with Gasteiger partial charge in [-0.1, -0.05) is 0 Å². The SMILES string of the molecule is N#CCCNC(=O)CN1CCSCC1C(=O)O. The molecule has 1 aliphatic rings. The van der Waals surface area contributed by atoms with Crippen molar-refractivity contribution in [2.24, 2.45) is 0 Å². The van der Waals surface area contributed by atoms with Gasteiger partial charge in [-0.3, -0.25) is 14.5 Å². The molecule has 2 N–H and O–H groups in total. The van der Waals surface area contributed by atoms with Crippen molar-refractivity contribution in [3.05, 3.63) is 0 Å². The zero-order chi connectivity index (χ0) is 12.7. The van der Waals surface area contributed by atoms with Crippen molar-refractivity contribution in [2.45, 2.75) is 12.5 Å². The maximum Gasteiger partial charge on any atom is 0.321 e. The standard InChI is InChI=1S/C10H15N3O3S/c11-2-1-3-12-9(14)6-13-4-5-17-7-8(13)10(15)16/h8H,1,3-7H2,(H,12,14)(H,15,16). The predicted molar refractivity (Wildman–Crippen MR) is 63.6 cm³/mol. The number of nitrogens with zero attached hydrogens (tertiary/aromatic N) is 2. The van der Waals surface area contributed by atoms with Crippen molar-refractivity contribution in [1.82, 2.24) is 10.2 Å². The minimum Gasteiger partial charge on any atom is -0.480 e. The fourth-order valence-electron chi connectivity index (χ4n) is 1.55. The second-order valence-corrected chi connectivity index (χ2v) is 4.81. The number of thioether (sulfide) groups is 1. The van der Waals surface area contributed by atoms with E-state index in [1.807, 2.05) is 6.07 Å². The van der Waals surface area contributed by atoms with Crippen molar-refractivity contribution in [3.8, 4) is 6.07 Å². The molecule has 1 heterocycles. The number of amides is 1. The van der Waals surface area contributed by atoms with E-state index in [1.165, 1.54) is 0 Å². The highest BCUT2D eigenvalue weighted by Crippen LogP contribution is 2.16. The van der Waals surface area contributed by atoms with E-state index in [9.17, 15) is 9.59 Å². The lowest BCUT2D eigenvalue weighted by atomic mass is 10.2. The Balaban J connectivity index is 2.39. The van der Waals surface area contributed by atoms with Crippen LogP contribution in [0.15, 0.2) is 0 Å². The van der Waals surface area contributed by atoms with Gasteiger partial charge in [-0.2, -0.15) is 17.0 Å². The first-order valence-electron chi connectivity index (χ1n) is 5.33.